The molecule has 0 spiro atoms. The van der Waals surface area contributed by atoms with Crippen LogP contribution in [0.4, 0.5) is 0 Å². The highest BCUT2D eigenvalue weighted by atomic mass is 32.2. The molecule has 0 bridgehead atoms. The van der Waals surface area contributed by atoms with Gasteiger partial charge in [-0.1, -0.05) is 23.9 Å². The molecule has 0 aliphatic carbocycles. The summed E-state index contributed by atoms with van der Waals surface area (Å²) in [6.07, 6.45) is 3.45. The lowest BCUT2D eigenvalue weighted by molar-refractivity contribution is -0.136. The fourth-order valence-electron chi connectivity index (χ4n) is 3.72. The average Bonchev–Trinajstić information content (AvgIpc) is 2.91. The lowest BCUT2D eigenvalue weighted by atomic mass is 9.97. The quantitative estimate of drug-likeness (QED) is 0.774. The van der Waals surface area contributed by atoms with Gasteiger partial charge in [0.05, 0.1) is 16.3 Å². The number of carbonyl (C=O) groups excluding carboxylic acids is 1. The van der Waals surface area contributed by atoms with Crippen LogP contribution in [0, 0.1) is 0 Å². The monoisotopic (exact) mass is 345 g/mol. The van der Waals surface area contributed by atoms with Gasteiger partial charge in [0.1, 0.15) is 0 Å². The first-order valence-corrected chi connectivity index (χ1v) is 9.85. The molecule has 130 valence electrons. The second kappa shape index (κ2) is 7.18. The molecule has 2 aromatic rings. The predicted octanol–water partition coefficient (Wildman–Crippen LogP) is 4.33. The zero-order valence-electron chi connectivity index (χ0n) is 15.0. The largest absolute Gasteiger partial charge is 0.336 e. The topological polar surface area (TPSA) is 38.1 Å². The Kier molecular flexibility index (Phi) is 5.18. The van der Waals surface area contributed by atoms with Gasteiger partial charge in [-0.15, -0.1) is 0 Å². The average molecular weight is 346 g/mol. The number of hydrogen-bond donors (Lipinski definition) is 0. The SMILES string of the molecule is CCn1c(S[C@@H](C)C(=O)N2[C@H](C)CCC[C@@H]2C)nc2ccccc21. The first kappa shape index (κ1) is 17.3. The summed E-state index contributed by atoms with van der Waals surface area (Å²) in [5.41, 5.74) is 2.14. The minimum Gasteiger partial charge on any atom is -0.336 e. The second-order valence-corrected chi connectivity index (χ2v) is 8.07. The van der Waals surface area contributed by atoms with E-state index in [-0.39, 0.29) is 11.2 Å². The number of thioether (sulfide) groups is 1. The van der Waals surface area contributed by atoms with E-state index < -0.39 is 0 Å². The van der Waals surface area contributed by atoms with Crippen molar-refractivity contribution in [2.24, 2.45) is 0 Å². The van der Waals surface area contributed by atoms with Crippen molar-refractivity contribution in [1.29, 1.82) is 0 Å². The molecular formula is C19H27N3OS. The van der Waals surface area contributed by atoms with Crippen molar-refractivity contribution in [3.63, 3.8) is 0 Å². The number of benzene rings is 1. The number of imidazole rings is 1. The van der Waals surface area contributed by atoms with E-state index in [0.29, 0.717) is 12.1 Å². The number of carbonyl (C=O) groups is 1. The summed E-state index contributed by atoms with van der Waals surface area (Å²) in [6, 6.07) is 8.86. The highest BCUT2D eigenvalue weighted by Crippen LogP contribution is 2.31. The predicted molar refractivity (Wildman–Crippen MR) is 100 cm³/mol. The van der Waals surface area contributed by atoms with E-state index in [4.69, 9.17) is 4.98 Å². The van der Waals surface area contributed by atoms with Gasteiger partial charge >= 0.3 is 0 Å². The number of para-hydroxylation sites is 2. The van der Waals surface area contributed by atoms with E-state index in [0.717, 1.165) is 35.6 Å². The van der Waals surface area contributed by atoms with E-state index in [1.165, 1.54) is 6.42 Å². The van der Waals surface area contributed by atoms with E-state index >= 15 is 0 Å². The van der Waals surface area contributed by atoms with Crippen LogP contribution >= 0.6 is 11.8 Å². The molecule has 3 atom stereocenters. The van der Waals surface area contributed by atoms with Crippen LogP contribution in [-0.2, 0) is 11.3 Å². The minimum atomic E-state index is -0.116. The van der Waals surface area contributed by atoms with Crippen LogP contribution in [0.5, 0.6) is 0 Å². The molecule has 0 N–H and O–H groups in total. The molecule has 1 aliphatic heterocycles. The van der Waals surface area contributed by atoms with Gasteiger partial charge in [-0.2, -0.15) is 0 Å². The highest BCUT2D eigenvalue weighted by molar-refractivity contribution is 8.00. The molecule has 1 aromatic carbocycles. The zero-order valence-corrected chi connectivity index (χ0v) is 15.8. The maximum absolute atomic E-state index is 13.0. The summed E-state index contributed by atoms with van der Waals surface area (Å²) in [7, 11) is 0. The molecule has 1 amide bonds. The standard InChI is InChI=1S/C19H27N3OS/c1-5-21-17-12-7-6-11-16(17)20-19(21)24-15(4)18(23)22-13(2)9-8-10-14(22)3/h6-7,11-15H,5,8-10H2,1-4H3/t13-,14+,15-/m0/s1. The summed E-state index contributed by atoms with van der Waals surface area (Å²) in [6.45, 7) is 9.35. The van der Waals surface area contributed by atoms with Crippen LogP contribution in [0.15, 0.2) is 29.4 Å². The molecule has 4 nitrogen and oxygen atoms in total. The van der Waals surface area contributed by atoms with Crippen LogP contribution in [0.2, 0.25) is 0 Å². The van der Waals surface area contributed by atoms with Crippen LogP contribution in [-0.4, -0.2) is 37.7 Å². The molecule has 0 saturated carbocycles. The number of aromatic nitrogens is 2. The van der Waals surface area contributed by atoms with Crippen LogP contribution in [0.1, 0.15) is 47.0 Å². The number of piperidine rings is 1. The Balaban J connectivity index is 1.81. The van der Waals surface area contributed by atoms with Crippen molar-refractivity contribution >= 4 is 28.7 Å². The molecule has 3 rings (SSSR count). The number of nitrogens with zero attached hydrogens (tertiary/aromatic N) is 3. The normalized spacial score (nSPS) is 22.8. The fraction of sp³-hybridized carbons (Fsp3) is 0.579. The summed E-state index contributed by atoms with van der Waals surface area (Å²) < 4.78 is 2.20. The van der Waals surface area contributed by atoms with Gasteiger partial charge in [-0.25, -0.2) is 4.98 Å². The maximum Gasteiger partial charge on any atom is 0.236 e. The fourth-order valence-corrected chi connectivity index (χ4v) is 4.77. The molecule has 24 heavy (non-hydrogen) atoms. The molecule has 1 fully saturated rings. The molecule has 0 unspecified atom stereocenters. The molecule has 1 saturated heterocycles. The number of likely N-dealkylation sites (tertiary alicyclic amines) is 1. The Labute approximate surface area is 148 Å². The Morgan fingerprint density at radius 3 is 2.62 bits per heavy atom. The van der Waals surface area contributed by atoms with E-state index in [1.807, 2.05) is 25.1 Å². The van der Waals surface area contributed by atoms with Gasteiger partial charge in [-0.05, 0) is 59.1 Å². The Morgan fingerprint density at radius 1 is 1.29 bits per heavy atom. The van der Waals surface area contributed by atoms with Crippen molar-refractivity contribution in [2.75, 3.05) is 0 Å². The van der Waals surface area contributed by atoms with Gasteiger partial charge in [0, 0.05) is 18.6 Å². The van der Waals surface area contributed by atoms with Crippen molar-refractivity contribution in [1.82, 2.24) is 14.5 Å². The molecule has 1 aromatic heterocycles. The zero-order chi connectivity index (χ0) is 17.3. The Morgan fingerprint density at radius 2 is 1.96 bits per heavy atom. The van der Waals surface area contributed by atoms with E-state index in [2.05, 4.69) is 36.3 Å². The Hall–Kier alpha value is -1.49. The van der Waals surface area contributed by atoms with Gasteiger partial charge < -0.3 is 9.47 Å². The van der Waals surface area contributed by atoms with Crippen molar-refractivity contribution in [3.8, 4) is 0 Å². The maximum atomic E-state index is 13.0. The summed E-state index contributed by atoms with van der Waals surface area (Å²) >= 11 is 1.59. The number of hydrogen-bond acceptors (Lipinski definition) is 3. The van der Waals surface area contributed by atoms with Crippen LogP contribution < -0.4 is 0 Å². The van der Waals surface area contributed by atoms with Crippen LogP contribution in [0.25, 0.3) is 11.0 Å². The van der Waals surface area contributed by atoms with Gasteiger partial charge in [-0.3, -0.25) is 4.79 Å². The number of amides is 1. The Bertz CT molecular complexity index is 716. The molecule has 0 radical (unpaired) electrons. The third-order valence-corrected chi connectivity index (χ3v) is 6.09. The van der Waals surface area contributed by atoms with E-state index in [9.17, 15) is 4.79 Å². The van der Waals surface area contributed by atoms with Crippen molar-refractivity contribution in [2.45, 2.75) is 76.0 Å². The van der Waals surface area contributed by atoms with Gasteiger partial charge in [0.25, 0.3) is 0 Å². The van der Waals surface area contributed by atoms with Gasteiger partial charge in [0.2, 0.25) is 5.91 Å². The summed E-state index contributed by atoms with van der Waals surface area (Å²) in [4.78, 5) is 19.8. The van der Waals surface area contributed by atoms with Crippen molar-refractivity contribution < 1.29 is 4.79 Å². The third kappa shape index (κ3) is 3.18. The van der Waals surface area contributed by atoms with E-state index in [1.54, 1.807) is 11.8 Å². The first-order chi connectivity index (χ1) is 11.5. The first-order valence-electron chi connectivity index (χ1n) is 8.97. The molecule has 5 heteroatoms. The number of fused-ring (bicyclic) bond motifs is 1. The highest BCUT2D eigenvalue weighted by Gasteiger charge is 2.32. The number of rotatable bonds is 4. The molecular weight excluding hydrogens is 318 g/mol. The lowest BCUT2D eigenvalue weighted by Gasteiger charge is -2.40. The number of aryl methyl sites for hydroxylation is 1. The molecule has 2 heterocycles. The summed E-state index contributed by atoms with van der Waals surface area (Å²) in [5.74, 6) is 0.245. The summed E-state index contributed by atoms with van der Waals surface area (Å²) in [5, 5.41) is 0.826. The lowest BCUT2D eigenvalue weighted by Crippen LogP contribution is -2.50. The second-order valence-electron chi connectivity index (χ2n) is 6.76. The van der Waals surface area contributed by atoms with Gasteiger partial charge in [0.15, 0.2) is 5.16 Å². The third-order valence-electron chi connectivity index (χ3n) is 5.01. The van der Waals surface area contributed by atoms with Crippen LogP contribution in [0.3, 0.4) is 0 Å². The molecule has 1 aliphatic rings. The minimum absolute atomic E-state index is 0.116. The smallest absolute Gasteiger partial charge is 0.236 e. The van der Waals surface area contributed by atoms with Crippen molar-refractivity contribution in [3.05, 3.63) is 24.3 Å².